The summed E-state index contributed by atoms with van der Waals surface area (Å²) in [7, 11) is -0.718. The quantitative estimate of drug-likeness (QED) is 0.518. The van der Waals surface area contributed by atoms with Crippen molar-refractivity contribution in [3.8, 4) is 17.2 Å². The molecule has 0 atom stereocenters. The average Bonchev–Trinajstić information content (AvgIpc) is 2.73. The minimum absolute atomic E-state index is 0.0733. The highest BCUT2D eigenvalue weighted by molar-refractivity contribution is 7.92. The van der Waals surface area contributed by atoms with Crippen molar-refractivity contribution in [2.75, 3.05) is 24.3 Å². The Labute approximate surface area is 170 Å². The monoisotopic (exact) mass is 414 g/mol. The number of anilines is 2. The molecule has 0 saturated carbocycles. The first kappa shape index (κ1) is 20.3. The van der Waals surface area contributed by atoms with E-state index in [0.29, 0.717) is 35.0 Å². The Bertz CT molecular complexity index is 1080. The lowest BCUT2D eigenvalue weighted by atomic mass is 10.2. The van der Waals surface area contributed by atoms with Gasteiger partial charge >= 0.3 is 0 Å². The number of phenols is 1. The van der Waals surface area contributed by atoms with Crippen LogP contribution < -0.4 is 19.5 Å². The van der Waals surface area contributed by atoms with E-state index in [1.54, 1.807) is 54.6 Å². The van der Waals surface area contributed by atoms with Crippen LogP contribution >= 0.6 is 0 Å². The molecule has 0 spiro atoms. The third kappa shape index (κ3) is 4.91. The van der Waals surface area contributed by atoms with Crippen molar-refractivity contribution < 1.29 is 23.0 Å². The highest BCUT2D eigenvalue weighted by atomic mass is 32.2. The molecule has 0 amide bonds. The Morgan fingerprint density at radius 3 is 2.31 bits per heavy atom. The zero-order valence-electron chi connectivity index (χ0n) is 16.0. The maximum absolute atomic E-state index is 12.6. The second kappa shape index (κ2) is 8.74. The molecule has 0 heterocycles. The van der Waals surface area contributed by atoms with E-state index in [0.717, 1.165) is 0 Å². The molecule has 0 radical (unpaired) electrons. The van der Waals surface area contributed by atoms with Gasteiger partial charge in [0.15, 0.2) is 11.5 Å². The van der Waals surface area contributed by atoms with Crippen LogP contribution in [0, 0.1) is 0 Å². The van der Waals surface area contributed by atoms with E-state index in [1.807, 2.05) is 0 Å². The second-order valence-corrected chi connectivity index (χ2v) is 7.87. The zero-order valence-corrected chi connectivity index (χ0v) is 16.9. The number of para-hydroxylation sites is 1. The van der Waals surface area contributed by atoms with Crippen molar-refractivity contribution in [2.24, 2.45) is 0 Å². The molecule has 7 nitrogen and oxygen atoms in total. The summed E-state index contributed by atoms with van der Waals surface area (Å²) in [6.45, 7) is 0.358. The van der Waals surface area contributed by atoms with Gasteiger partial charge in [0.2, 0.25) is 0 Å². The molecule has 0 aromatic heterocycles. The summed E-state index contributed by atoms with van der Waals surface area (Å²) in [6.07, 6.45) is 0. The molecule has 0 fully saturated rings. The summed E-state index contributed by atoms with van der Waals surface area (Å²) in [5.41, 5.74) is 1.80. The van der Waals surface area contributed by atoms with E-state index in [9.17, 15) is 13.5 Å². The number of sulfonamides is 1. The molecule has 0 aliphatic rings. The molecular weight excluding hydrogens is 392 g/mol. The molecule has 3 N–H and O–H groups in total. The number of rotatable bonds is 8. The molecule has 8 heteroatoms. The second-order valence-electron chi connectivity index (χ2n) is 6.18. The van der Waals surface area contributed by atoms with Crippen LogP contribution in [0.5, 0.6) is 17.2 Å². The van der Waals surface area contributed by atoms with Gasteiger partial charge in [-0.05, 0) is 42.5 Å². The molecular formula is C21H22N2O5S. The van der Waals surface area contributed by atoms with Crippen molar-refractivity contribution in [1.29, 1.82) is 0 Å². The lowest BCUT2D eigenvalue weighted by molar-refractivity contribution is 0.371. The molecule has 3 aromatic carbocycles. The van der Waals surface area contributed by atoms with Crippen LogP contribution in [0.3, 0.4) is 0 Å². The molecule has 152 valence electrons. The topological polar surface area (TPSA) is 96.9 Å². The molecule has 0 bridgehead atoms. The van der Waals surface area contributed by atoms with Gasteiger partial charge in [-0.3, -0.25) is 4.72 Å². The summed E-state index contributed by atoms with van der Waals surface area (Å²) < 4.78 is 37.9. The first-order valence-corrected chi connectivity index (χ1v) is 10.3. The number of nitrogens with one attached hydrogen (secondary N) is 2. The third-order valence-electron chi connectivity index (χ3n) is 4.27. The largest absolute Gasteiger partial charge is 0.504 e. The van der Waals surface area contributed by atoms with Gasteiger partial charge in [0.05, 0.1) is 24.8 Å². The summed E-state index contributed by atoms with van der Waals surface area (Å²) in [5, 5.41) is 13.3. The molecule has 3 aromatic rings. The summed E-state index contributed by atoms with van der Waals surface area (Å²) in [4.78, 5) is 0.134. The zero-order chi connectivity index (χ0) is 20.9. The Hall–Kier alpha value is -3.39. The molecule has 0 unspecified atom stereocenters. The third-order valence-corrected chi connectivity index (χ3v) is 5.67. The molecule has 0 aliphatic carbocycles. The number of hydrogen-bond acceptors (Lipinski definition) is 6. The lowest BCUT2D eigenvalue weighted by Gasteiger charge is -2.12. The first-order valence-electron chi connectivity index (χ1n) is 8.78. The molecule has 0 saturated heterocycles. The standard InChI is InChI=1S/C21H22N2O5S/c1-27-18-7-4-6-17(13-18)23-29(25,26)19-11-9-16(10-12-19)22-14-15-5-3-8-20(28-2)21(15)24/h3-13,22-24H,14H2,1-2H3. The Kier molecular flexibility index (Phi) is 6.13. The van der Waals surface area contributed by atoms with Gasteiger partial charge in [-0.2, -0.15) is 0 Å². The fourth-order valence-electron chi connectivity index (χ4n) is 2.73. The van der Waals surface area contributed by atoms with Crippen LogP contribution in [0.15, 0.2) is 71.6 Å². The highest BCUT2D eigenvalue weighted by Gasteiger charge is 2.14. The van der Waals surface area contributed by atoms with Crippen LogP contribution in [0.4, 0.5) is 11.4 Å². The van der Waals surface area contributed by atoms with Gasteiger partial charge in [0.25, 0.3) is 10.0 Å². The van der Waals surface area contributed by atoms with Gasteiger partial charge in [-0.15, -0.1) is 0 Å². The van der Waals surface area contributed by atoms with Gasteiger partial charge in [0, 0.05) is 23.9 Å². The van der Waals surface area contributed by atoms with E-state index in [1.165, 1.54) is 26.4 Å². The first-order chi connectivity index (χ1) is 13.9. The number of aromatic hydroxyl groups is 1. The van der Waals surface area contributed by atoms with E-state index in [4.69, 9.17) is 9.47 Å². The van der Waals surface area contributed by atoms with E-state index < -0.39 is 10.0 Å². The fourth-order valence-corrected chi connectivity index (χ4v) is 3.77. The van der Waals surface area contributed by atoms with Crippen LogP contribution in [0.1, 0.15) is 5.56 Å². The lowest BCUT2D eigenvalue weighted by Crippen LogP contribution is -2.13. The Morgan fingerprint density at radius 2 is 1.62 bits per heavy atom. The molecule has 3 rings (SSSR count). The van der Waals surface area contributed by atoms with Gasteiger partial charge in [-0.1, -0.05) is 18.2 Å². The summed E-state index contributed by atoms with van der Waals surface area (Å²) in [6, 6.07) is 18.3. The van der Waals surface area contributed by atoms with Crippen LogP contribution in [0.2, 0.25) is 0 Å². The molecule has 0 aliphatic heterocycles. The number of phenolic OH excluding ortho intramolecular Hbond substituents is 1. The van der Waals surface area contributed by atoms with Gasteiger partial charge < -0.3 is 19.9 Å². The summed E-state index contributed by atoms with van der Waals surface area (Å²) >= 11 is 0. The van der Waals surface area contributed by atoms with Crippen molar-refractivity contribution >= 4 is 21.4 Å². The van der Waals surface area contributed by atoms with Crippen molar-refractivity contribution in [2.45, 2.75) is 11.4 Å². The summed E-state index contributed by atoms with van der Waals surface area (Å²) in [5.74, 6) is 1.03. The highest BCUT2D eigenvalue weighted by Crippen LogP contribution is 2.30. The van der Waals surface area contributed by atoms with Crippen molar-refractivity contribution in [3.63, 3.8) is 0 Å². The minimum Gasteiger partial charge on any atom is -0.504 e. The number of methoxy groups -OCH3 is 2. The Morgan fingerprint density at radius 1 is 0.897 bits per heavy atom. The predicted molar refractivity (Wildman–Crippen MR) is 112 cm³/mol. The smallest absolute Gasteiger partial charge is 0.261 e. The van der Waals surface area contributed by atoms with Crippen molar-refractivity contribution in [3.05, 3.63) is 72.3 Å². The minimum atomic E-state index is -3.73. The SMILES string of the molecule is COc1cccc(NS(=O)(=O)c2ccc(NCc3cccc(OC)c3O)cc2)c1. The van der Waals surface area contributed by atoms with Crippen LogP contribution in [-0.4, -0.2) is 27.7 Å². The Balaban J connectivity index is 1.69. The number of ether oxygens (including phenoxy) is 2. The van der Waals surface area contributed by atoms with Crippen LogP contribution in [0.25, 0.3) is 0 Å². The average molecular weight is 414 g/mol. The van der Waals surface area contributed by atoms with Gasteiger partial charge in [0.1, 0.15) is 5.75 Å². The van der Waals surface area contributed by atoms with E-state index in [-0.39, 0.29) is 10.6 Å². The maximum atomic E-state index is 12.6. The van der Waals surface area contributed by atoms with E-state index >= 15 is 0 Å². The normalized spacial score (nSPS) is 11.0. The number of hydrogen-bond donors (Lipinski definition) is 3. The maximum Gasteiger partial charge on any atom is 0.261 e. The number of benzene rings is 3. The predicted octanol–water partition coefficient (Wildman–Crippen LogP) is 3.82. The van der Waals surface area contributed by atoms with Crippen molar-refractivity contribution in [1.82, 2.24) is 0 Å². The van der Waals surface area contributed by atoms with Gasteiger partial charge in [-0.25, -0.2) is 8.42 Å². The van der Waals surface area contributed by atoms with Crippen LogP contribution in [-0.2, 0) is 16.6 Å². The molecule has 29 heavy (non-hydrogen) atoms. The fraction of sp³-hybridized carbons (Fsp3) is 0.143. The van der Waals surface area contributed by atoms with E-state index in [2.05, 4.69) is 10.0 Å².